The van der Waals surface area contributed by atoms with Crippen LogP contribution in [0.1, 0.15) is 0 Å². The Balaban J connectivity index is 3.49. The number of nitrogens with two attached hydrogens (primary N) is 1. The van der Waals surface area contributed by atoms with Crippen molar-refractivity contribution in [2.24, 2.45) is 5.73 Å². The van der Waals surface area contributed by atoms with E-state index in [4.69, 9.17) is 0 Å². The summed E-state index contributed by atoms with van der Waals surface area (Å²) in [6, 6.07) is 0. The van der Waals surface area contributed by atoms with Crippen LogP contribution < -0.4 is 11.1 Å². The molecule has 4 nitrogen and oxygen atoms in total. The zero-order valence-electron chi connectivity index (χ0n) is 4.60. The number of hydrogen-bond acceptors (Lipinski definition) is 3. The third-order valence-corrected chi connectivity index (χ3v) is 0.612. The van der Waals surface area contributed by atoms with Crippen LogP contribution in [0.3, 0.4) is 0 Å². The quantitative estimate of drug-likeness (QED) is 0.430. The van der Waals surface area contributed by atoms with Crippen LogP contribution in [0.2, 0.25) is 0 Å². The lowest BCUT2D eigenvalue weighted by Crippen LogP contribution is -2.31. The molecular formula is C4H8N2O2. The summed E-state index contributed by atoms with van der Waals surface area (Å²) in [5.41, 5.74) is 4.59. The predicted octanol–water partition coefficient (Wildman–Crippen LogP) is -1.74. The molecule has 0 aliphatic heterocycles. The van der Waals surface area contributed by atoms with Crippen LogP contribution in [0.4, 0.5) is 0 Å². The summed E-state index contributed by atoms with van der Waals surface area (Å²) in [6.45, 7) is 0.0231. The van der Waals surface area contributed by atoms with E-state index in [0.29, 0.717) is 0 Å². The van der Waals surface area contributed by atoms with Crippen LogP contribution in [0, 0.1) is 0 Å². The molecule has 3 N–H and O–H groups in total. The molecule has 0 bridgehead atoms. The molecule has 4 heteroatoms. The lowest BCUT2D eigenvalue weighted by molar-refractivity contribution is -0.135. The molecule has 0 fully saturated rings. The topological polar surface area (TPSA) is 72.2 Å². The van der Waals surface area contributed by atoms with Gasteiger partial charge < -0.3 is 11.1 Å². The Labute approximate surface area is 47.0 Å². The maximum absolute atomic E-state index is 10.2. The highest BCUT2D eigenvalue weighted by atomic mass is 16.2. The van der Waals surface area contributed by atoms with Crippen molar-refractivity contribution in [3.8, 4) is 0 Å². The van der Waals surface area contributed by atoms with Crippen LogP contribution >= 0.6 is 0 Å². The van der Waals surface area contributed by atoms with Gasteiger partial charge in [-0.05, 0) is 7.05 Å². The summed E-state index contributed by atoms with van der Waals surface area (Å²) in [5, 5.41) is 2.50. The van der Waals surface area contributed by atoms with Gasteiger partial charge in [-0.15, -0.1) is 0 Å². The zero-order chi connectivity index (χ0) is 6.57. The molecule has 0 rings (SSSR count). The lowest BCUT2D eigenvalue weighted by atomic mass is 10.4. The molecule has 8 heavy (non-hydrogen) atoms. The summed E-state index contributed by atoms with van der Waals surface area (Å²) in [7, 11) is 1.57. The molecule has 0 spiro atoms. The van der Waals surface area contributed by atoms with Gasteiger partial charge in [0.25, 0.3) is 5.91 Å². The Hall–Kier alpha value is -0.900. The Morgan fingerprint density at radius 3 is 2.25 bits per heavy atom. The van der Waals surface area contributed by atoms with E-state index in [2.05, 4.69) is 11.1 Å². The number of rotatable bonds is 3. The third kappa shape index (κ3) is 2.30. The van der Waals surface area contributed by atoms with Gasteiger partial charge in [-0.3, -0.25) is 9.59 Å². The van der Waals surface area contributed by atoms with Crippen molar-refractivity contribution in [1.82, 2.24) is 5.32 Å². The fourth-order valence-corrected chi connectivity index (χ4v) is 0.248. The Morgan fingerprint density at radius 1 is 1.62 bits per heavy atom. The van der Waals surface area contributed by atoms with Crippen molar-refractivity contribution in [1.29, 1.82) is 0 Å². The molecule has 46 valence electrons. The minimum absolute atomic E-state index is 0.0231. The van der Waals surface area contributed by atoms with Gasteiger partial charge >= 0.3 is 0 Å². The van der Waals surface area contributed by atoms with Gasteiger partial charge in [0.05, 0.1) is 6.54 Å². The van der Waals surface area contributed by atoms with E-state index >= 15 is 0 Å². The normalized spacial score (nSPS) is 8.62. The van der Waals surface area contributed by atoms with E-state index in [9.17, 15) is 9.59 Å². The van der Waals surface area contributed by atoms with Crippen LogP contribution in [-0.4, -0.2) is 25.3 Å². The van der Waals surface area contributed by atoms with Gasteiger partial charge in [-0.2, -0.15) is 0 Å². The van der Waals surface area contributed by atoms with E-state index in [1.807, 2.05) is 0 Å². The second-order valence-corrected chi connectivity index (χ2v) is 1.32. The number of carbonyl (C=O) groups is 2. The van der Waals surface area contributed by atoms with Gasteiger partial charge in [0.2, 0.25) is 5.78 Å². The fraction of sp³-hybridized carbons (Fsp3) is 0.500. The van der Waals surface area contributed by atoms with E-state index in [1.165, 1.54) is 0 Å². The number of hydrogen-bond donors (Lipinski definition) is 2. The van der Waals surface area contributed by atoms with Gasteiger partial charge in [0.15, 0.2) is 0 Å². The highest BCUT2D eigenvalue weighted by Crippen LogP contribution is 1.62. The van der Waals surface area contributed by atoms with E-state index < -0.39 is 11.7 Å². The minimum Gasteiger partial charge on any atom is -0.363 e. The Kier molecular flexibility index (Phi) is 2.79. The Morgan fingerprint density at radius 2 is 2.12 bits per heavy atom. The molecule has 1 amide bonds. The molecule has 0 saturated carbocycles. The van der Waals surface area contributed by atoms with Crippen molar-refractivity contribution in [2.75, 3.05) is 13.6 Å². The predicted molar refractivity (Wildman–Crippen MR) is 28.1 cm³/mol. The van der Waals surface area contributed by atoms with E-state index in [-0.39, 0.29) is 6.54 Å². The maximum atomic E-state index is 10.2. The molecule has 0 aromatic heterocycles. The van der Waals surface area contributed by atoms with E-state index in [0.717, 1.165) is 0 Å². The number of amides is 1. The SMILES string of the molecule is CNCC(=O)C(N)=O. The van der Waals surface area contributed by atoms with Crippen LogP contribution in [0.15, 0.2) is 0 Å². The summed E-state index contributed by atoms with van der Waals surface area (Å²) < 4.78 is 0. The molecule has 0 aromatic carbocycles. The molecule has 0 aliphatic rings. The molecule has 0 aromatic rings. The van der Waals surface area contributed by atoms with Crippen molar-refractivity contribution < 1.29 is 9.59 Å². The van der Waals surface area contributed by atoms with Gasteiger partial charge in [-0.25, -0.2) is 0 Å². The van der Waals surface area contributed by atoms with Gasteiger partial charge in [-0.1, -0.05) is 0 Å². The largest absolute Gasteiger partial charge is 0.363 e. The monoisotopic (exact) mass is 116 g/mol. The smallest absolute Gasteiger partial charge is 0.286 e. The third-order valence-electron chi connectivity index (χ3n) is 0.612. The van der Waals surface area contributed by atoms with Crippen LogP contribution in [-0.2, 0) is 9.59 Å². The number of nitrogens with one attached hydrogen (secondary N) is 1. The average molecular weight is 116 g/mol. The number of carbonyl (C=O) groups excluding carboxylic acids is 2. The fourth-order valence-electron chi connectivity index (χ4n) is 0.248. The summed E-state index contributed by atoms with van der Waals surface area (Å²) in [4.78, 5) is 20.1. The average Bonchev–Trinajstić information content (AvgIpc) is 1.67. The van der Waals surface area contributed by atoms with Crippen molar-refractivity contribution in [2.45, 2.75) is 0 Å². The molecule has 0 saturated heterocycles. The molecule has 0 atom stereocenters. The van der Waals surface area contributed by atoms with Crippen LogP contribution in [0.5, 0.6) is 0 Å². The van der Waals surface area contributed by atoms with Gasteiger partial charge in [0.1, 0.15) is 0 Å². The van der Waals surface area contributed by atoms with Crippen molar-refractivity contribution >= 4 is 11.7 Å². The Bertz CT molecular complexity index is 111. The summed E-state index contributed by atoms with van der Waals surface area (Å²) in [5.74, 6) is -1.48. The number of Topliss-reactive ketones (excluding diaryl/α,β-unsaturated/α-hetero) is 1. The second-order valence-electron chi connectivity index (χ2n) is 1.32. The first-order valence-electron chi connectivity index (χ1n) is 2.15. The van der Waals surface area contributed by atoms with Crippen molar-refractivity contribution in [3.05, 3.63) is 0 Å². The number of primary amides is 1. The first-order chi connectivity index (χ1) is 3.68. The summed E-state index contributed by atoms with van der Waals surface area (Å²) in [6.07, 6.45) is 0. The van der Waals surface area contributed by atoms with Crippen molar-refractivity contribution in [3.63, 3.8) is 0 Å². The molecule has 0 unspecified atom stereocenters. The standard InChI is InChI=1S/C4H8N2O2/c1-6-2-3(7)4(5)8/h6H,2H2,1H3,(H2,5,8). The minimum atomic E-state index is -0.889. The lowest BCUT2D eigenvalue weighted by Gasteiger charge is -1.89. The maximum Gasteiger partial charge on any atom is 0.286 e. The number of ketones is 1. The highest BCUT2D eigenvalue weighted by Gasteiger charge is 2.04. The number of likely N-dealkylation sites (N-methyl/N-ethyl adjacent to an activating group) is 1. The molecule has 0 heterocycles. The molecular weight excluding hydrogens is 108 g/mol. The summed E-state index contributed by atoms with van der Waals surface area (Å²) >= 11 is 0. The van der Waals surface area contributed by atoms with Gasteiger partial charge in [0, 0.05) is 0 Å². The second kappa shape index (κ2) is 3.15. The molecule has 0 aliphatic carbocycles. The van der Waals surface area contributed by atoms with E-state index in [1.54, 1.807) is 7.05 Å². The molecule has 0 radical (unpaired) electrons. The van der Waals surface area contributed by atoms with Crippen LogP contribution in [0.25, 0.3) is 0 Å². The first-order valence-corrected chi connectivity index (χ1v) is 2.15. The first kappa shape index (κ1) is 7.10. The highest BCUT2D eigenvalue weighted by molar-refractivity contribution is 6.36. The zero-order valence-corrected chi connectivity index (χ0v) is 4.60.